The number of nitrogens with zero attached hydrogens (tertiary/aromatic N) is 1. The summed E-state index contributed by atoms with van der Waals surface area (Å²) in [5.74, 6) is -1.01. The van der Waals surface area contributed by atoms with E-state index in [4.69, 9.17) is 4.74 Å². The van der Waals surface area contributed by atoms with E-state index in [2.05, 4.69) is 15.6 Å². The molecule has 0 saturated carbocycles. The van der Waals surface area contributed by atoms with Gasteiger partial charge in [-0.3, -0.25) is 30.1 Å². The Morgan fingerprint density at radius 1 is 1.33 bits per heavy atom. The van der Waals surface area contributed by atoms with Gasteiger partial charge in [-0.1, -0.05) is 0 Å². The average Bonchev–Trinajstić information content (AvgIpc) is 2.95. The predicted molar refractivity (Wildman–Crippen MR) is 74.0 cm³/mol. The first-order valence-corrected chi connectivity index (χ1v) is 6.97. The van der Waals surface area contributed by atoms with Gasteiger partial charge in [0.15, 0.2) is 0 Å². The molecule has 120 valence electrons. The van der Waals surface area contributed by atoms with Crippen molar-refractivity contribution < 1.29 is 23.9 Å². The van der Waals surface area contributed by atoms with Gasteiger partial charge in [-0.25, -0.2) is 0 Å². The molecule has 8 nitrogen and oxygen atoms in total. The molecule has 1 unspecified atom stereocenters. The summed E-state index contributed by atoms with van der Waals surface area (Å²) in [4.78, 5) is 35.5. The Hall–Kier alpha value is -1.67. The van der Waals surface area contributed by atoms with E-state index < -0.39 is 0 Å². The van der Waals surface area contributed by atoms with E-state index in [1.54, 1.807) is 0 Å². The fourth-order valence-electron chi connectivity index (χ4n) is 2.06. The highest BCUT2D eigenvalue weighted by atomic mass is 16.5. The molecule has 0 aromatic rings. The second-order valence-electron chi connectivity index (χ2n) is 4.93. The molecule has 0 bridgehead atoms. The van der Waals surface area contributed by atoms with Gasteiger partial charge < -0.3 is 9.47 Å². The standard InChI is InChI=1S/C13H23N3O5/c1-10(17)14-15-12(18)9-16(6-5-13(19)20-2)8-11-4-3-7-21-11/h11H,3-9H2,1-2H3,(H,14,17)(H,15,18). The molecule has 1 saturated heterocycles. The molecule has 0 aromatic heterocycles. The number of carbonyl (C=O) groups excluding carboxylic acids is 3. The Labute approximate surface area is 124 Å². The first-order valence-electron chi connectivity index (χ1n) is 6.97. The van der Waals surface area contributed by atoms with Gasteiger partial charge in [0, 0.05) is 26.6 Å². The van der Waals surface area contributed by atoms with Crippen LogP contribution in [-0.2, 0) is 23.9 Å². The Balaban J connectivity index is 2.43. The van der Waals surface area contributed by atoms with Crippen molar-refractivity contribution in [1.82, 2.24) is 15.8 Å². The number of nitrogens with one attached hydrogen (secondary N) is 2. The number of amides is 2. The van der Waals surface area contributed by atoms with Crippen LogP contribution in [0.4, 0.5) is 0 Å². The monoisotopic (exact) mass is 301 g/mol. The van der Waals surface area contributed by atoms with E-state index >= 15 is 0 Å². The van der Waals surface area contributed by atoms with Crippen LogP contribution in [0, 0.1) is 0 Å². The van der Waals surface area contributed by atoms with Crippen molar-refractivity contribution in [1.29, 1.82) is 0 Å². The van der Waals surface area contributed by atoms with E-state index in [0.717, 1.165) is 19.4 Å². The topological polar surface area (TPSA) is 97.0 Å². The van der Waals surface area contributed by atoms with E-state index in [0.29, 0.717) is 13.1 Å². The quantitative estimate of drug-likeness (QED) is 0.472. The molecule has 1 fully saturated rings. The third-order valence-corrected chi connectivity index (χ3v) is 3.09. The first kappa shape index (κ1) is 17.4. The van der Waals surface area contributed by atoms with Crippen LogP contribution in [0.3, 0.4) is 0 Å². The lowest BCUT2D eigenvalue weighted by atomic mass is 10.2. The number of hydrazine groups is 1. The first-order chi connectivity index (χ1) is 10.0. The number of hydrogen-bond acceptors (Lipinski definition) is 6. The molecule has 0 aliphatic carbocycles. The molecule has 0 aromatic carbocycles. The van der Waals surface area contributed by atoms with Gasteiger partial charge in [0.2, 0.25) is 5.91 Å². The molecule has 0 spiro atoms. The summed E-state index contributed by atoms with van der Waals surface area (Å²) in [6.45, 7) is 3.09. The predicted octanol–water partition coefficient (Wildman–Crippen LogP) is -0.802. The molecule has 2 N–H and O–H groups in total. The lowest BCUT2D eigenvalue weighted by Crippen LogP contribution is -2.47. The molecule has 1 aliphatic rings. The van der Waals surface area contributed by atoms with Gasteiger partial charge in [-0.15, -0.1) is 0 Å². The third-order valence-electron chi connectivity index (χ3n) is 3.09. The number of hydrogen-bond donors (Lipinski definition) is 2. The summed E-state index contributed by atoms with van der Waals surface area (Å²) in [6, 6.07) is 0. The van der Waals surface area contributed by atoms with Gasteiger partial charge in [-0.05, 0) is 12.8 Å². The molecular weight excluding hydrogens is 278 g/mol. The summed E-state index contributed by atoms with van der Waals surface area (Å²) in [5.41, 5.74) is 4.53. The number of methoxy groups -OCH3 is 1. The van der Waals surface area contributed by atoms with Crippen molar-refractivity contribution in [3.8, 4) is 0 Å². The zero-order valence-electron chi connectivity index (χ0n) is 12.5. The van der Waals surface area contributed by atoms with Gasteiger partial charge in [-0.2, -0.15) is 0 Å². The Morgan fingerprint density at radius 3 is 2.67 bits per heavy atom. The highest BCUT2D eigenvalue weighted by Crippen LogP contribution is 2.13. The molecule has 2 amide bonds. The van der Waals surface area contributed by atoms with E-state index in [-0.39, 0.29) is 36.9 Å². The lowest BCUT2D eigenvalue weighted by molar-refractivity contribution is -0.141. The van der Waals surface area contributed by atoms with E-state index in [1.165, 1.54) is 14.0 Å². The highest BCUT2D eigenvalue weighted by Gasteiger charge is 2.21. The molecule has 1 atom stereocenters. The summed E-state index contributed by atoms with van der Waals surface area (Å²) in [7, 11) is 1.33. The largest absolute Gasteiger partial charge is 0.469 e. The maximum atomic E-state index is 11.7. The Kier molecular flexibility index (Phi) is 7.70. The number of carbonyl (C=O) groups is 3. The highest BCUT2D eigenvalue weighted by molar-refractivity contribution is 5.82. The molecule has 1 rings (SSSR count). The van der Waals surface area contributed by atoms with Gasteiger partial charge >= 0.3 is 5.97 Å². The summed E-state index contributed by atoms with van der Waals surface area (Å²) >= 11 is 0. The second kappa shape index (κ2) is 9.30. The molecule has 8 heteroatoms. The second-order valence-corrected chi connectivity index (χ2v) is 4.93. The van der Waals surface area contributed by atoms with Gasteiger partial charge in [0.1, 0.15) is 0 Å². The van der Waals surface area contributed by atoms with Crippen LogP contribution in [-0.4, -0.2) is 62.1 Å². The fourth-order valence-corrected chi connectivity index (χ4v) is 2.06. The number of ether oxygens (including phenoxy) is 2. The van der Waals surface area contributed by atoms with Gasteiger partial charge in [0.05, 0.1) is 26.2 Å². The third kappa shape index (κ3) is 7.62. The van der Waals surface area contributed by atoms with Crippen LogP contribution in [0.5, 0.6) is 0 Å². The van der Waals surface area contributed by atoms with Crippen molar-refractivity contribution in [3.05, 3.63) is 0 Å². The van der Waals surface area contributed by atoms with Gasteiger partial charge in [0.25, 0.3) is 5.91 Å². The zero-order chi connectivity index (χ0) is 15.7. The molecular formula is C13H23N3O5. The zero-order valence-corrected chi connectivity index (χ0v) is 12.5. The Morgan fingerprint density at radius 2 is 2.10 bits per heavy atom. The fraction of sp³-hybridized carbons (Fsp3) is 0.769. The van der Waals surface area contributed by atoms with Crippen molar-refractivity contribution in [2.45, 2.75) is 32.3 Å². The minimum Gasteiger partial charge on any atom is -0.469 e. The molecule has 1 aliphatic heterocycles. The summed E-state index contributed by atoms with van der Waals surface area (Å²) < 4.78 is 10.1. The van der Waals surface area contributed by atoms with Crippen molar-refractivity contribution in [2.24, 2.45) is 0 Å². The van der Waals surface area contributed by atoms with E-state index in [9.17, 15) is 14.4 Å². The Bertz CT molecular complexity index is 369. The summed E-state index contributed by atoms with van der Waals surface area (Å²) in [6.07, 6.45) is 2.24. The SMILES string of the molecule is COC(=O)CCN(CC(=O)NNC(C)=O)CC1CCCO1. The van der Waals surface area contributed by atoms with Crippen LogP contribution in [0.25, 0.3) is 0 Å². The van der Waals surface area contributed by atoms with E-state index in [1.807, 2.05) is 4.90 Å². The molecule has 0 radical (unpaired) electrons. The minimum absolute atomic E-state index is 0.0798. The maximum absolute atomic E-state index is 11.7. The van der Waals surface area contributed by atoms with Crippen molar-refractivity contribution in [2.75, 3.05) is 33.4 Å². The van der Waals surface area contributed by atoms with Crippen LogP contribution in [0.15, 0.2) is 0 Å². The van der Waals surface area contributed by atoms with Crippen LogP contribution >= 0.6 is 0 Å². The van der Waals surface area contributed by atoms with Crippen molar-refractivity contribution >= 4 is 17.8 Å². The minimum atomic E-state index is -0.344. The molecule has 21 heavy (non-hydrogen) atoms. The smallest absolute Gasteiger partial charge is 0.306 e. The summed E-state index contributed by atoms with van der Waals surface area (Å²) in [5, 5.41) is 0. The lowest BCUT2D eigenvalue weighted by Gasteiger charge is -2.24. The van der Waals surface area contributed by atoms with Crippen LogP contribution in [0.2, 0.25) is 0 Å². The van der Waals surface area contributed by atoms with Crippen LogP contribution < -0.4 is 10.9 Å². The molecule has 1 heterocycles. The normalized spacial score (nSPS) is 17.6. The maximum Gasteiger partial charge on any atom is 0.306 e. The number of esters is 1. The number of rotatable bonds is 7. The van der Waals surface area contributed by atoms with Crippen LogP contribution in [0.1, 0.15) is 26.2 Å². The van der Waals surface area contributed by atoms with Crippen molar-refractivity contribution in [3.63, 3.8) is 0 Å². The average molecular weight is 301 g/mol.